The number of rotatable bonds is 9. The SMILES string of the molecule is COC(=O)C(N)(Cc1cccc(O)c1)C(=O)[C@H](C)NC(=O)Cc1cccc([N+](=O)[O-])c1. The lowest BCUT2D eigenvalue weighted by molar-refractivity contribution is -0.384. The number of nitrogens with two attached hydrogens (primary N) is 1. The largest absolute Gasteiger partial charge is 0.508 e. The third-order valence-electron chi connectivity index (χ3n) is 4.64. The second-order valence-electron chi connectivity index (χ2n) is 7.07. The number of esters is 1. The van der Waals surface area contributed by atoms with Gasteiger partial charge in [0.15, 0.2) is 11.3 Å². The van der Waals surface area contributed by atoms with Crippen LogP contribution in [0, 0.1) is 10.1 Å². The van der Waals surface area contributed by atoms with Crippen LogP contribution >= 0.6 is 0 Å². The van der Waals surface area contributed by atoms with E-state index in [4.69, 9.17) is 10.5 Å². The van der Waals surface area contributed by atoms with Crippen molar-refractivity contribution in [3.63, 3.8) is 0 Å². The molecule has 0 heterocycles. The number of carbonyl (C=O) groups is 3. The molecule has 0 saturated heterocycles. The topological polar surface area (TPSA) is 162 Å². The number of carbonyl (C=O) groups excluding carboxylic acids is 3. The summed E-state index contributed by atoms with van der Waals surface area (Å²) in [4.78, 5) is 48.0. The second kappa shape index (κ2) is 9.81. The normalized spacial score (nSPS) is 13.5. The van der Waals surface area contributed by atoms with Gasteiger partial charge in [-0.15, -0.1) is 0 Å². The standard InChI is InChI=1S/C21H23N3O7/c1-13(23-18(26)11-14-5-3-7-16(9-14)24(29)30)19(27)21(22,20(28)31-2)12-15-6-4-8-17(25)10-15/h3-10,13,25H,11-12,22H2,1-2H3,(H,23,26)/t13-,21?/m0/s1. The summed E-state index contributed by atoms with van der Waals surface area (Å²) in [5, 5.41) is 23.0. The van der Waals surface area contributed by atoms with Crippen molar-refractivity contribution in [1.82, 2.24) is 5.32 Å². The van der Waals surface area contributed by atoms with Gasteiger partial charge in [-0.25, -0.2) is 4.79 Å². The number of hydrogen-bond donors (Lipinski definition) is 3. The number of benzene rings is 2. The van der Waals surface area contributed by atoms with Crippen LogP contribution in [-0.2, 0) is 32.0 Å². The molecule has 4 N–H and O–H groups in total. The number of hydrogen-bond acceptors (Lipinski definition) is 8. The first-order chi connectivity index (χ1) is 14.6. The van der Waals surface area contributed by atoms with Crippen LogP contribution in [-0.4, -0.2) is 46.4 Å². The summed E-state index contributed by atoms with van der Waals surface area (Å²) >= 11 is 0. The molecule has 2 aromatic rings. The summed E-state index contributed by atoms with van der Waals surface area (Å²) in [6.45, 7) is 1.38. The molecule has 1 amide bonds. The Kier molecular flexibility index (Phi) is 7.43. The number of nitro groups is 1. The number of Topliss-reactive ketones (excluding diaryl/α,β-unsaturated/α-hetero) is 1. The Morgan fingerprint density at radius 1 is 1.19 bits per heavy atom. The lowest BCUT2D eigenvalue weighted by Crippen LogP contribution is -2.62. The van der Waals surface area contributed by atoms with Gasteiger partial charge in [-0.1, -0.05) is 24.3 Å². The van der Waals surface area contributed by atoms with Gasteiger partial charge in [-0.05, 0) is 30.2 Å². The Hall–Kier alpha value is -3.79. The van der Waals surface area contributed by atoms with Crippen LogP contribution < -0.4 is 11.1 Å². The van der Waals surface area contributed by atoms with E-state index in [1.165, 1.54) is 43.3 Å². The summed E-state index contributed by atoms with van der Waals surface area (Å²) in [5.41, 5.74) is 4.69. The quantitative estimate of drug-likeness (QED) is 0.230. The molecule has 10 heteroatoms. The van der Waals surface area contributed by atoms with Crippen molar-refractivity contribution >= 4 is 23.3 Å². The first-order valence-corrected chi connectivity index (χ1v) is 9.29. The highest BCUT2D eigenvalue weighted by Crippen LogP contribution is 2.20. The molecule has 164 valence electrons. The number of phenolic OH excluding ortho intramolecular Hbond substituents is 1. The zero-order valence-corrected chi connectivity index (χ0v) is 17.0. The van der Waals surface area contributed by atoms with Gasteiger partial charge >= 0.3 is 5.97 Å². The van der Waals surface area contributed by atoms with Gasteiger partial charge in [0.2, 0.25) is 5.91 Å². The molecule has 10 nitrogen and oxygen atoms in total. The van der Waals surface area contributed by atoms with Crippen LogP contribution in [0.3, 0.4) is 0 Å². The number of non-ortho nitro benzene ring substituents is 1. The van der Waals surface area contributed by atoms with Crippen molar-refractivity contribution in [1.29, 1.82) is 0 Å². The van der Waals surface area contributed by atoms with Gasteiger partial charge in [0.1, 0.15) is 5.75 Å². The fraction of sp³-hybridized carbons (Fsp3) is 0.286. The van der Waals surface area contributed by atoms with Gasteiger partial charge < -0.3 is 20.9 Å². The van der Waals surface area contributed by atoms with Crippen LogP contribution in [0.5, 0.6) is 5.75 Å². The highest BCUT2D eigenvalue weighted by Gasteiger charge is 2.45. The minimum atomic E-state index is -2.10. The fourth-order valence-electron chi connectivity index (χ4n) is 3.14. The van der Waals surface area contributed by atoms with E-state index in [1.54, 1.807) is 12.1 Å². The average molecular weight is 429 g/mol. The molecule has 0 saturated carbocycles. The molecule has 0 bridgehead atoms. The minimum absolute atomic E-state index is 0.0597. The predicted octanol–water partition coefficient (Wildman–Crippen LogP) is 1.03. The van der Waals surface area contributed by atoms with Gasteiger partial charge in [0, 0.05) is 18.6 Å². The third kappa shape index (κ3) is 5.86. The zero-order valence-electron chi connectivity index (χ0n) is 17.0. The number of nitrogens with one attached hydrogen (secondary N) is 1. The smallest absolute Gasteiger partial charge is 0.334 e. The summed E-state index contributed by atoms with van der Waals surface area (Å²) in [7, 11) is 1.09. The number of aromatic hydroxyl groups is 1. The highest BCUT2D eigenvalue weighted by atomic mass is 16.6. The van der Waals surface area contributed by atoms with E-state index in [1.807, 2.05) is 0 Å². The van der Waals surface area contributed by atoms with Crippen molar-refractivity contribution in [2.24, 2.45) is 5.73 Å². The number of nitro benzene ring substituents is 1. The number of nitrogens with zero attached hydrogens (tertiary/aromatic N) is 1. The average Bonchev–Trinajstić information content (AvgIpc) is 2.72. The fourth-order valence-corrected chi connectivity index (χ4v) is 3.14. The van der Waals surface area contributed by atoms with Crippen LogP contribution in [0.4, 0.5) is 5.69 Å². The Morgan fingerprint density at radius 3 is 2.45 bits per heavy atom. The zero-order chi connectivity index (χ0) is 23.2. The van der Waals surface area contributed by atoms with Crippen LogP contribution in [0.2, 0.25) is 0 Å². The molecule has 1 unspecified atom stereocenters. The van der Waals surface area contributed by atoms with E-state index in [0.717, 1.165) is 7.11 Å². The molecule has 0 radical (unpaired) electrons. The second-order valence-corrected chi connectivity index (χ2v) is 7.07. The Balaban J connectivity index is 2.15. The van der Waals surface area contributed by atoms with Gasteiger partial charge in [-0.3, -0.25) is 19.7 Å². The van der Waals surface area contributed by atoms with Crippen molar-refractivity contribution in [2.75, 3.05) is 7.11 Å². The lowest BCUT2D eigenvalue weighted by atomic mass is 9.84. The van der Waals surface area contributed by atoms with Crippen LogP contribution in [0.25, 0.3) is 0 Å². The summed E-state index contributed by atoms with van der Waals surface area (Å²) < 4.78 is 4.70. The van der Waals surface area contributed by atoms with Crippen molar-refractivity contribution in [3.05, 3.63) is 69.8 Å². The first-order valence-electron chi connectivity index (χ1n) is 9.29. The van der Waals surface area contributed by atoms with Gasteiger partial charge in [-0.2, -0.15) is 0 Å². The Bertz CT molecular complexity index is 1010. The molecule has 0 fully saturated rings. The number of amides is 1. The summed E-state index contributed by atoms with van der Waals surface area (Å²) in [5.74, 6) is -2.41. The maximum Gasteiger partial charge on any atom is 0.334 e. The molecule has 0 aliphatic heterocycles. The first kappa shape index (κ1) is 23.5. The molecular formula is C21H23N3O7. The van der Waals surface area contributed by atoms with E-state index in [2.05, 4.69) is 5.32 Å². The molecular weight excluding hydrogens is 406 g/mol. The lowest BCUT2D eigenvalue weighted by Gasteiger charge is -2.28. The van der Waals surface area contributed by atoms with Gasteiger partial charge in [0.05, 0.1) is 24.5 Å². The Morgan fingerprint density at radius 2 is 1.84 bits per heavy atom. The molecule has 31 heavy (non-hydrogen) atoms. The van der Waals surface area contributed by atoms with Crippen LogP contribution in [0.1, 0.15) is 18.1 Å². The number of ether oxygens (including phenoxy) is 1. The van der Waals surface area contributed by atoms with Crippen LogP contribution in [0.15, 0.2) is 48.5 Å². The van der Waals surface area contributed by atoms with E-state index >= 15 is 0 Å². The predicted molar refractivity (Wildman–Crippen MR) is 110 cm³/mol. The molecule has 0 aliphatic rings. The number of phenols is 1. The molecule has 2 rings (SSSR count). The number of methoxy groups -OCH3 is 1. The summed E-state index contributed by atoms with van der Waals surface area (Å²) in [6.07, 6.45) is -0.459. The summed E-state index contributed by atoms with van der Waals surface area (Å²) in [6, 6.07) is 10.3. The maximum absolute atomic E-state index is 13.0. The monoisotopic (exact) mass is 429 g/mol. The van der Waals surface area contributed by atoms with E-state index in [0.29, 0.717) is 11.1 Å². The van der Waals surface area contributed by atoms with Crippen molar-refractivity contribution < 1.29 is 29.2 Å². The number of ketones is 1. The Labute approximate surface area is 178 Å². The minimum Gasteiger partial charge on any atom is -0.508 e. The molecule has 0 spiro atoms. The third-order valence-corrected chi connectivity index (χ3v) is 4.64. The van der Waals surface area contributed by atoms with Crippen molar-refractivity contribution in [2.45, 2.75) is 31.3 Å². The highest BCUT2D eigenvalue weighted by molar-refractivity contribution is 6.11. The molecule has 0 aliphatic carbocycles. The maximum atomic E-state index is 13.0. The van der Waals surface area contributed by atoms with Gasteiger partial charge in [0.25, 0.3) is 5.69 Å². The van der Waals surface area contributed by atoms with E-state index in [-0.39, 0.29) is 24.3 Å². The molecule has 2 atom stereocenters. The van der Waals surface area contributed by atoms with Crippen molar-refractivity contribution in [3.8, 4) is 5.75 Å². The van der Waals surface area contributed by atoms with E-state index < -0.39 is 34.2 Å². The molecule has 0 aromatic heterocycles. The molecule has 2 aromatic carbocycles. The van der Waals surface area contributed by atoms with E-state index in [9.17, 15) is 29.6 Å².